The monoisotopic (exact) mass is 382 g/mol. The fourth-order valence-corrected chi connectivity index (χ4v) is 4.21. The summed E-state index contributed by atoms with van der Waals surface area (Å²) in [6.07, 6.45) is 4.78. The van der Waals surface area contributed by atoms with Crippen LogP contribution in [0.25, 0.3) is 21.7 Å². The second kappa shape index (κ2) is 7.40. The Morgan fingerprint density at radius 3 is 2.81 bits per heavy atom. The number of likely N-dealkylation sites (tertiary alicyclic amines) is 1. The zero-order valence-corrected chi connectivity index (χ0v) is 15.4. The quantitative estimate of drug-likeness (QED) is 0.697. The average Bonchev–Trinajstić information content (AvgIpc) is 3.13. The number of fused-ring (bicyclic) bond motifs is 1. The number of pyridine rings is 1. The lowest BCUT2D eigenvalue weighted by Gasteiger charge is -2.31. The van der Waals surface area contributed by atoms with Gasteiger partial charge in [0.05, 0.1) is 5.56 Å². The van der Waals surface area contributed by atoms with E-state index in [1.165, 1.54) is 11.3 Å². The molecule has 1 aliphatic rings. The Morgan fingerprint density at radius 2 is 2.11 bits per heavy atom. The van der Waals surface area contributed by atoms with Gasteiger partial charge in [-0.2, -0.15) is 4.98 Å². The zero-order valence-electron chi connectivity index (χ0n) is 14.5. The molecule has 1 fully saturated rings. The van der Waals surface area contributed by atoms with Gasteiger partial charge in [-0.25, -0.2) is 4.98 Å². The van der Waals surface area contributed by atoms with Gasteiger partial charge in [0.25, 0.3) is 5.91 Å². The summed E-state index contributed by atoms with van der Waals surface area (Å²) in [6.45, 7) is 1.25. The van der Waals surface area contributed by atoms with Crippen LogP contribution < -0.4 is 0 Å². The molecule has 3 aromatic rings. The van der Waals surface area contributed by atoms with Crippen molar-refractivity contribution in [3.8, 4) is 17.4 Å². The Morgan fingerprint density at radius 1 is 1.30 bits per heavy atom. The number of hydrogen-bond acceptors (Lipinski definition) is 7. The van der Waals surface area contributed by atoms with Crippen molar-refractivity contribution in [2.75, 3.05) is 13.1 Å². The van der Waals surface area contributed by atoms with E-state index in [0.29, 0.717) is 46.9 Å². The Hall–Kier alpha value is -2.87. The first-order valence-electron chi connectivity index (χ1n) is 8.80. The van der Waals surface area contributed by atoms with Crippen molar-refractivity contribution < 1.29 is 14.7 Å². The number of rotatable bonds is 4. The van der Waals surface area contributed by atoms with Crippen LogP contribution in [0.2, 0.25) is 0 Å². The van der Waals surface area contributed by atoms with E-state index in [2.05, 4.69) is 15.0 Å². The normalized spacial score (nSPS) is 15.2. The van der Waals surface area contributed by atoms with Gasteiger partial charge in [-0.3, -0.25) is 9.78 Å². The van der Waals surface area contributed by atoms with Crippen LogP contribution >= 0.6 is 11.3 Å². The first kappa shape index (κ1) is 17.5. The van der Waals surface area contributed by atoms with E-state index in [1.807, 2.05) is 6.07 Å². The van der Waals surface area contributed by atoms with E-state index < -0.39 is 0 Å². The third kappa shape index (κ3) is 3.40. The fourth-order valence-electron chi connectivity index (χ4n) is 3.34. The first-order chi connectivity index (χ1) is 13.2. The summed E-state index contributed by atoms with van der Waals surface area (Å²) in [5.74, 6) is 0.399. The molecule has 1 amide bonds. The van der Waals surface area contributed by atoms with E-state index in [0.717, 1.165) is 19.1 Å². The summed E-state index contributed by atoms with van der Waals surface area (Å²) in [4.78, 5) is 38.3. The minimum absolute atomic E-state index is 0.101. The zero-order chi connectivity index (χ0) is 18.8. The Bertz CT molecular complexity index is 981. The SMILES string of the molecule is O=CCC1CCN(C(=O)c2csc3c(O)nc(-c4ccccn4)nc23)CC1. The van der Waals surface area contributed by atoms with Crippen molar-refractivity contribution >= 4 is 33.7 Å². The molecule has 0 bridgehead atoms. The molecule has 1 N–H and O–H groups in total. The van der Waals surface area contributed by atoms with Crippen LogP contribution in [0.4, 0.5) is 0 Å². The van der Waals surface area contributed by atoms with E-state index in [4.69, 9.17) is 0 Å². The second-order valence-corrected chi connectivity index (χ2v) is 7.43. The molecule has 0 saturated carbocycles. The number of piperidine rings is 1. The number of amides is 1. The largest absolute Gasteiger partial charge is 0.492 e. The molecule has 0 radical (unpaired) electrons. The van der Waals surface area contributed by atoms with Crippen molar-refractivity contribution in [3.05, 3.63) is 35.3 Å². The van der Waals surface area contributed by atoms with E-state index in [9.17, 15) is 14.7 Å². The van der Waals surface area contributed by atoms with E-state index in [-0.39, 0.29) is 17.6 Å². The maximum absolute atomic E-state index is 13.0. The molecule has 4 heterocycles. The van der Waals surface area contributed by atoms with Gasteiger partial charge >= 0.3 is 0 Å². The molecule has 8 heteroatoms. The van der Waals surface area contributed by atoms with Crippen LogP contribution in [0.3, 0.4) is 0 Å². The molecule has 0 aromatic carbocycles. The Kier molecular flexibility index (Phi) is 4.81. The van der Waals surface area contributed by atoms with Gasteiger partial charge in [-0.1, -0.05) is 6.07 Å². The highest BCUT2D eigenvalue weighted by Crippen LogP contribution is 2.33. The summed E-state index contributed by atoms with van der Waals surface area (Å²) in [5, 5.41) is 12.0. The highest BCUT2D eigenvalue weighted by Gasteiger charge is 2.26. The van der Waals surface area contributed by atoms with Crippen molar-refractivity contribution in [1.82, 2.24) is 19.9 Å². The third-order valence-corrected chi connectivity index (χ3v) is 5.82. The topological polar surface area (TPSA) is 96.3 Å². The highest BCUT2D eigenvalue weighted by atomic mass is 32.1. The van der Waals surface area contributed by atoms with Gasteiger partial charge in [-0.05, 0) is 30.9 Å². The molecule has 27 heavy (non-hydrogen) atoms. The molecule has 138 valence electrons. The Labute approximate surface area is 159 Å². The van der Waals surface area contributed by atoms with Crippen LogP contribution in [-0.2, 0) is 4.79 Å². The predicted octanol–water partition coefficient (Wildman–Crippen LogP) is 2.90. The molecular formula is C19H18N4O3S. The lowest BCUT2D eigenvalue weighted by Crippen LogP contribution is -2.38. The highest BCUT2D eigenvalue weighted by molar-refractivity contribution is 7.17. The van der Waals surface area contributed by atoms with Gasteiger partial charge in [0, 0.05) is 31.1 Å². The van der Waals surface area contributed by atoms with E-state index >= 15 is 0 Å². The van der Waals surface area contributed by atoms with Gasteiger partial charge in [0.1, 0.15) is 22.2 Å². The van der Waals surface area contributed by atoms with Crippen LogP contribution in [0.1, 0.15) is 29.6 Å². The number of hydrogen-bond donors (Lipinski definition) is 1. The predicted molar refractivity (Wildman–Crippen MR) is 102 cm³/mol. The van der Waals surface area contributed by atoms with Gasteiger partial charge in [0.15, 0.2) is 5.82 Å². The summed E-state index contributed by atoms with van der Waals surface area (Å²) in [7, 11) is 0. The first-order valence-corrected chi connectivity index (χ1v) is 9.68. The lowest BCUT2D eigenvalue weighted by molar-refractivity contribution is -0.108. The molecule has 0 unspecified atom stereocenters. The van der Waals surface area contributed by atoms with E-state index in [1.54, 1.807) is 28.6 Å². The summed E-state index contributed by atoms with van der Waals surface area (Å²) >= 11 is 1.26. The van der Waals surface area contributed by atoms with Crippen molar-refractivity contribution in [3.63, 3.8) is 0 Å². The molecule has 3 aromatic heterocycles. The number of thiophene rings is 1. The standard InChI is InChI=1S/C19H18N4O3S/c24-10-6-12-4-8-23(9-5-12)19(26)13-11-27-16-15(13)21-17(22-18(16)25)14-3-1-2-7-20-14/h1-3,7,10-12H,4-6,8-9H2,(H,21,22,25). The van der Waals surface area contributed by atoms with Gasteiger partial charge in [-0.15, -0.1) is 11.3 Å². The second-order valence-electron chi connectivity index (χ2n) is 6.55. The summed E-state index contributed by atoms with van der Waals surface area (Å²) in [5.41, 5.74) is 1.46. The van der Waals surface area contributed by atoms with Crippen LogP contribution in [0.5, 0.6) is 5.88 Å². The summed E-state index contributed by atoms with van der Waals surface area (Å²) in [6, 6.07) is 5.36. The Balaban J connectivity index is 1.65. The van der Waals surface area contributed by atoms with Crippen LogP contribution in [0.15, 0.2) is 29.8 Å². The minimum atomic E-state index is -0.144. The minimum Gasteiger partial charge on any atom is -0.492 e. The molecule has 1 saturated heterocycles. The van der Waals surface area contributed by atoms with Crippen molar-refractivity contribution in [2.24, 2.45) is 5.92 Å². The smallest absolute Gasteiger partial charge is 0.256 e. The molecule has 1 aliphatic heterocycles. The number of aromatic nitrogens is 3. The molecule has 4 rings (SSSR count). The van der Waals surface area contributed by atoms with Crippen LogP contribution in [-0.4, -0.2) is 50.2 Å². The van der Waals surface area contributed by atoms with Crippen molar-refractivity contribution in [2.45, 2.75) is 19.3 Å². The number of carbonyl (C=O) groups is 2. The number of aldehydes is 1. The fraction of sp³-hybridized carbons (Fsp3) is 0.316. The summed E-state index contributed by atoms with van der Waals surface area (Å²) < 4.78 is 0.494. The molecular weight excluding hydrogens is 364 g/mol. The number of nitrogens with zero attached hydrogens (tertiary/aromatic N) is 4. The van der Waals surface area contributed by atoms with Gasteiger partial charge < -0.3 is 14.8 Å². The molecule has 0 aliphatic carbocycles. The maximum atomic E-state index is 13.0. The molecule has 7 nitrogen and oxygen atoms in total. The van der Waals surface area contributed by atoms with Gasteiger partial charge in [0.2, 0.25) is 5.88 Å². The lowest BCUT2D eigenvalue weighted by atomic mass is 9.94. The molecule has 0 atom stereocenters. The average molecular weight is 382 g/mol. The third-order valence-electron chi connectivity index (χ3n) is 4.85. The molecule has 0 spiro atoms. The number of aromatic hydroxyl groups is 1. The van der Waals surface area contributed by atoms with Crippen molar-refractivity contribution in [1.29, 1.82) is 0 Å². The maximum Gasteiger partial charge on any atom is 0.256 e. The van der Waals surface area contributed by atoms with Crippen LogP contribution in [0, 0.1) is 5.92 Å². The number of carbonyl (C=O) groups excluding carboxylic acids is 2.